The molecule has 0 bridgehead atoms. The highest BCUT2D eigenvalue weighted by Crippen LogP contribution is 2.50. The largest absolute Gasteiger partial charge is 0.455 e. The Bertz CT molecular complexity index is 1250. The summed E-state index contributed by atoms with van der Waals surface area (Å²) in [7, 11) is 0. The molecular formula is C24H19NOS. The second-order valence-electron chi connectivity index (χ2n) is 7.59. The third-order valence-electron chi connectivity index (χ3n) is 5.72. The van der Waals surface area contributed by atoms with Crippen molar-refractivity contribution in [2.45, 2.75) is 36.5 Å². The number of aryl methyl sites for hydroxylation is 4. The van der Waals surface area contributed by atoms with Gasteiger partial charge in [-0.05, 0) is 79.3 Å². The van der Waals surface area contributed by atoms with E-state index in [-0.39, 0.29) is 0 Å². The molecule has 6 rings (SSSR count). The predicted molar refractivity (Wildman–Crippen MR) is 111 cm³/mol. The molecule has 0 saturated heterocycles. The summed E-state index contributed by atoms with van der Waals surface area (Å²) >= 11 is 1.81. The molecular weight excluding hydrogens is 350 g/mol. The summed E-state index contributed by atoms with van der Waals surface area (Å²) in [5.74, 6) is 1.92. The molecule has 0 unspecified atom stereocenters. The van der Waals surface area contributed by atoms with Crippen LogP contribution in [0.15, 0.2) is 58.3 Å². The van der Waals surface area contributed by atoms with E-state index in [0.717, 1.165) is 24.3 Å². The van der Waals surface area contributed by atoms with E-state index in [1.54, 1.807) is 0 Å². The summed E-state index contributed by atoms with van der Waals surface area (Å²) in [5.41, 5.74) is 9.36. The lowest BCUT2D eigenvalue weighted by Gasteiger charge is -2.24. The number of H-pyrrole nitrogens is 1. The Morgan fingerprint density at radius 2 is 1.81 bits per heavy atom. The minimum Gasteiger partial charge on any atom is -0.455 e. The second kappa shape index (κ2) is 5.43. The molecule has 1 N–H and O–H groups in total. The van der Waals surface area contributed by atoms with Crippen LogP contribution in [0.25, 0.3) is 22.2 Å². The van der Waals surface area contributed by atoms with Crippen LogP contribution in [0.4, 0.5) is 0 Å². The average molecular weight is 369 g/mol. The fourth-order valence-corrected chi connectivity index (χ4v) is 5.59. The zero-order valence-corrected chi connectivity index (χ0v) is 16.2. The second-order valence-corrected chi connectivity index (χ2v) is 8.67. The van der Waals surface area contributed by atoms with Crippen molar-refractivity contribution in [3.63, 3.8) is 0 Å². The molecule has 2 aliphatic rings. The van der Waals surface area contributed by atoms with Crippen LogP contribution in [0, 0.1) is 13.8 Å². The van der Waals surface area contributed by atoms with Crippen LogP contribution < -0.4 is 4.74 Å². The summed E-state index contributed by atoms with van der Waals surface area (Å²) in [6.07, 6.45) is 2.17. The number of rotatable bonds is 0. The van der Waals surface area contributed by atoms with Crippen molar-refractivity contribution in [1.82, 2.24) is 4.98 Å². The van der Waals surface area contributed by atoms with Crippen molar-refractivity contribution in [2.24, 2.45) is 0 Å². The number of ether oxygens (including phenoxy) is 1. The molecule has 3 aromatic carbocycles. The van der Waals surface area contributed by atoms with Gasteiger partial charge < -0.3 is 9.72 Å². The van der Waals surface area contributed by atoms with Gasteiger partial charge in [0.05, 0.1) is 15.5 Å². The highest BCUT2D eigenvalue weighted by Gasteiger charge is 2.26. The quantitative estimate of drug-likeness (QED) is 0.324. The third-order valence-corrected chi connectivity index (χ3v) is 6.81. The van der Waals surface area contributed by atoms with Crippen molar-refractivity contribution in [2.75, 3.05) is 0 Å². The maximum atomic E-state index is 6.24. The highest BCUT2D eigenvalue weighted by molar-refractivity contribution is 7.99. The molecule has 0 amide bonds. The lowest BCUT2D eigenvalue weighted by molar-refractivity contribution is 0.454. The van der Waals surface area contributed by atoms with Crippen molar-refractivity contribution < 1.29 is 4.74 Å². The number of hydrogen-bond donors (Lipinski definition) is 1. The van der Waals surface area contributed by atoms with Gasteiger partial charge in [-0.2, -0.15) is 0 Å². The maximum absolute atomic E-state index is 6.24. The number of para-hydroxylation sites is 1. The van der Waals surface area contributed by atoms with Gasteiger partial charge in [-0.25, -0.2) is 0 Å². The molecule has 132 valence electrons. The van der Waals surface area contributed by atoms with Gasteiger partial charge in [0.25, 0.3) is 0 Å². The van der Waals surface area contributed by atoms with Crippen LogP contribution >= 0.6 is 11.8 Å². The van der Waals surface area contributed by atoms with E-state index in [0.29, 0.717) is 0 Å². The minimum atomic E-state index is 0.953. The average Bonchev–Trinajstić information content (AvgIpc) is 3.03. The van der Waals surface area contributed by atoms with Gasteiger partial charge >= 0.3 is 0 Å². The summed E-state index contributed by atoms with van der Waals surface area (Å²) in [4.78, 5) is 6.13. The Morgan fingerprint density at radius 3 is 2.74 bits per heavy atom. The van der Waals surface area contributed by atoms with E-state index in [9.17, 15) is 0 Å². The Labute approximate surface area is 162 Å². The van der Waals surface area contributed by atoms with Crippen LogP contribution in [-0.2, 0) is 12.8 Å². The summed E-state index contributed by atoms with van der Waals surface area (Å²) in [6.45, 7) is 4.39. The number of fused-ring (bicyclic) bond motifs is 7. The van der Waals surface area contributed by atoms with Crippen LogP contribution in [0.3, 0.4) is 0 Å². The van der Waals surface area contributed by atoms with Crippen molar-refractivity contribution in [3.8, 4) is 22.8 Å². The summed E-state index contributed by atoms with van der Waals surface area (Å²) in [5, 5.41) is 1.40. The number of nitrogens with one attached hydrogen (secondary N) is 1. The van der Waals surface area contributed by atoms with E-state index in [2.05, 4.69) is 55.2 Å². The Kier molecular flexibility index (Phi) is 3.10. The topological polar surface area (TPSA) is 25.0 Å². The molecule has 4 aromatic rings. The van der Waals surface area contributed by atoms with Gasteiger partial charge in [0.15, 0.2) is 0 Å². The van der Waals surface area contributed by atoms with Gasteiger partial charge in [-0.3, -0.25) is 0 Å². The van der Waals surface area contributed by atoms with Gasteiger partial charge in [-0.1, -0.05) is 30.0 Å². The van der Waals surface area contributed by atoms with E-state index in [1.807, 2.05) is 23.9 Å². The first-order valence-electron chi connectivity index (χ1n) is 9.41. The fraction of sp³-hybridized carbons (Fsp3) is 0.167. The molecule has 0 spiro atoms. The van der Waals surface area contributed by atoms with Gasteiger partial charge in [0.2, 0.25) is 0 Å². The normalized spacial score (nSPS) is 14.1. The van der Waals surface area contributed by atoms with Crippen LogP contribution in [0.5, 0.6) is 11.5 Å². The zero-order valence-electron chi connectivity index (χ0n) is 15.3. The van der Waals surface area contributed by atoms with Crippen molar-refractivity contribution in [3.05, 3.63) is 70.8 Å². The van der Waals surface area contributed by atoms with E-state index in [4.69, 9.17) is 4.74 Å². The molecule has 3 heteroatoms. The number of aromatic amines is 1. The smallest absolute Gasteiger partial charge is 0.142 e. The molecule has 1 aliphatic carbocycles. The predicted octanol–water partition coefficient (Wildman–Crippen LogP) is 6.81. The monoisotopic (exact) mass is 369 g/mol. The van der Waals surface area contributed by atoms with Crippen LogP contribution in [0.1, 0.15) is 22.3 Å². The first kappa shape index (κ1) is 15.4. The first-order valence-corrected chi connectivity index (χ1v) is 10.2. The molecule has 0 fully saturated rings. The Hall–Kier alpha value is -2.65. The SMILES string of the molecule is Cc1cc(C)c2c3c([nH]c2c1)-c1cc2c(cc1CC3)Sc1ccccc1O2. The third kappa shape index (κ3) is 2.21. The molecule has 0 radical (unpaired) electrons. The fourth-order valence-electron chi connectivity index (χ4n) is 4.60. The van der Waals surface area contributed by atoms with E-state index in [1.165, 1.54) is 54.2 Å². The van der Waals surface area contributed by atoms with Gasteiger partial charge in [-0.15, -0.1) is 0 Å². The molecule has 2 heterocycles. The highest BCUT2D eigenvalue weighted by atomic mass is 32.2. The van der Waals surface area contributed by atoms with E-state index < -0.39 is 0 Å². The zero-order chi connectivity index (χ0) is 18.1. The van der Waals surface area contributed by atoms with Gasteiger partial charge in [0.1, 0.15) is 11.5 Å². The van der Waals surface area contributed by atoms with Gasteiger partial charge in [0, 0.05) is 16.5 Å². The van der Waals surface area contributed by atoms with Crippen molar-refractivity contribution in [1.29, 1.82) is 0 Å². The Morgan fingerprint density at radius 1 is 0.926 bits per heavy atom. The standard InChI is InChI=1S/C24H19NOS/c1-13-9-14(2)23-16-8-7-15-11-22-20(12-17(15)24(16)25-18(23)10-13)26-19-5-3-4-6-21(19)27-22/h3-6,9-12,25H,7-8H2,1-2H3. The first-order chi connectivity index (χ1) is 13.2. The molecule has 2 nitrogen and oxygen atoms in total. The molecule has 1 aromatic heterocycles. The summed E-state index contributed by atoms with van der Waals surface area (Å²) < 4.78 is 6.24. The lowest BCUT2D eigenvalue weighted by atomic mass is 9.88. The molecule has 0 saturated carbocycles. The number of aromatic nitrogens is 1. The lowest BCUT2D eigenvalue weighted by Crippen LogP contribution is -2.05. The molecule has 1 aliphatic heterocycles. The number of hydrogen-bond acceptors (Lipinski definition) is 2. The minimum absolute atomic E-state index is 0.953. The summed E-state index contributed by atoms with van der Waals surface area (Å²) in [6, 6.07) is 17.4. The van der Waals surface area contributed by atoms with Crippen molar-refractivity contribution >= 4 is 22.7 Å². The maximum Gasteiger partial charge on any atom is 0.142 e. The van der Waals surface area contributed by atoms with E-state index >= 15 is 0 Å². The Balaban J connectivity index is 1.56. The van der Waals surface area contributed by atoms with Crippen LogP contribution in [0.2, 0.25) is 0 Å². The van der Waals surface area contributed by atoms with Crippen LogP contribution in [-0.4, -0.2) is 4.98 Å². The molecule has 0 atom stereocenters. The number of benzene rings is 3. The molecule has 27 heavy (non-hydrogen) atoms.